The molecule has 1 aromatic rings. The molecule has 1 aliphatic heterocycles. The summed E-state index contributed by atoms with van der Waals surface area (Å²) in [4.78, 5) is 1.99. The highest BCUT2D eigenvalue weighted by Gasteiger charge is 2.30. The summed E-state index contributed by atoms with van der Waals surface area (Å²) < 4.78 is 37.1. The molecule has 0 amide bonds. The predicted molar refractivity (Wildman–Crippen MR) is 66.1 cm³/mol. The molecule has 1 fully saturated rings. The number of benzene rings is 1. The molecule has 6 heteroatoms. The van der Waals surface area contributed by atoms with Crippen molar-refractivity contribution in [3.05, 3.63) is 29.8 Å². The Labute approximate surface area is 110 Å². The molecule has 1 aliphatic rings. The van der Waals surface area contributed by atoms with E-state index >= 15 is 0 Å². The Morgan fingerprint density at radius 1 is 1.06 bits per heavy atom. The van der Waals surface area contributed by atoms with Gasteiger partial charge >= 0.3 is 6.18 Å². The zero-order chi connectivity index (χ0) is 12.5. The van der Waals surface area contributed by atoms with Crippen LogP contribution < -0.4 is 4.90 Å². The van der Waals surface area contributed by atoms with Gasteiger partial charge in [0.15, 0.2) is 0 Å². The van der Waals surface area contributed by atoms with Gasteiger partial charge < -0.3 is 10.0 Å². The molecule has 1 aromatic carbocycles. The van der Waals surface area contributed by atoms with Gasteiger partial charge in [-0.15, -0.1) is 12.4 Å². The minimum Gasteiger partial charge on any atom is -0.393 e. The van der Waals surface area contributed by atoms with Gasteiger partial charge in [-0.2, -0.15) is 13.2 Å². The Balaban J connectivity index is 0.00000162. The first kappa shape index (κ1) is 15.1. The van der Waals surface area contributed by atoms with E-state index in [9.17, 15) is 18.3 Å². The van der Waals surface area contributed by atoms with Crippen molar-refractivity contribution < 1.29 is 18.3 Å². The SMILES string of the molecule is Cl.OC1CCN(c2ccc(C(F)(F)F)cc2)CC1. The van der Waals surface area contributed by atoms with E-state index in [0.29, 0.717) is 25.9 Å². The van der Waals surface area contributed by atoms with Crippen LogP contribution in [0.3, 0.4) is 0 Å². The molecule has 1 N–H and O–H groups in total. The molecule has 0 unspecified atom stereocenters. The second kappa shape index (κ2) is 5.80. The second-order valence-electron chi connectivity index (χ2n) is 4.26. The van der Waals surface area contributed by atoms with Gasteiger partial charge in [0, 0.05) is 18.8 Å². The van der Waals surface area contributed by atoms with E-state index in [1.165, 1.54) is 12.1 Å². The number of piperidine rings is 1. The van der Waals surface area contributed by atoms with Gasteiger partial charge in [-0.05, 0) is 37.1 Å². The molecule has 0 aliphatic carbocycles. The van der Waals surface area contributed by atoms with Crippen LogP contribution in [0.2, 0.25) is 0 Å². The molecule has 2 nitrogen and oxygen atoms in total. The van der Waals surface area contributed by atoms with Gasteiger partial charge in [-0.3, -0.25) is 0 Å². The standard InChI is InChI=1S/C12H14F3NO.ClH/c13-12(14,15)9-1-3-10(4-2-9)16-7-5-11(17)6-8-16;/h1-4,11,17H,5-8H2;1H. The average molecular weight is 282 g/mol. The van der Waals surface area contributed by atoms with Crippen LogP contribution in [0.5, 0.6) is 0 Å². The van der Waals surface area contributed by atoms with Crippen LogP contribution in [-0.2, 0) is 6.18 Å². The lowest BCUT2D eigenvalue weighted by molar-refractivity contribution is -0.137. The molecule has 0 saturated carbocycles. The Bertz CT molecular complexity index is 372. The van der Waals surface area contributed by atoms with Crippen molar-refractivity contribution in [2.24, 2.45) is 0 Å². The van der Waals surface area contributed by atoms with Crippen LogP contribution in [0.25, 0.3) is 0 Å². The lowest BCUT2D eigenvalue weighted by Crippen LogP contribution is -2.35. The number of hydrogen-bond acceptors (Lipinski definition) is 2. The number of aliphatic hydroxyl groups excluding tert-OH is 1. The number of nitrogens with zero attached hydrogens (tertiary/aromatic N) is 1. The molecule has 1 heterocycles. The summed E-state index contributed by atoms with van der Waals surface area (Å²) in [5.74, 6) is 0. The predicted octanol–water partition coefficient (Wildman–Crippen LogP) is 3.09. The molecular formula is C12H15ClF3NO. The molecule has 2 rings (SSSR count). The number of halogens is 4. The minimum atomic E-state index is -4.28. The van der Waals surface area contributed by atoms with Crippen molar-refractivity contribution in [1.29, 1.82) is 0 Å². The van der Waals surface area contributed by atoms with Gasteiger partial charge in [0.2, 0.25) is 0 Å². The Morgan fingerprint density at radius 2 is 1.56 bits per heavy atom. The largest absolute Gasteiger partial charge is 0.416 e. The number of aliphatic hydroxyl groups is 1. The first-order chi connectivity index (χ1) is 7.97. The smallest absolute Gasteiger partial charge is 0.393 e. The summed E-state index contributed by atoms with van der Waals surface area (Å²) in [7, 11) is 0. The summed E-state index contributed by atoms with van der Waals surface area (Å²) in [5, 5.41) is 9.35. The summed E-state index contributed by atoms with van der Waals surface area (Å²) in [6.45, 7) is 1.37. The number of rotatable bonds is 1. The Kier molecular flexibility index (Phi) is 4.87. The third kappa shape index (κ3) is 3.53. The monoisotopic (exact) mass is 281 g/mol. The lowest BCUT2D eigenvalue weighted by Gasteiger charge is -2.31. The van der Waals surface area contributed by atoms with Crippen LogP contribution in [0, 0.1) is 0 Å². The highest BCUT2D eigenvalue weighted by molar-refractivity contribution is 5.85. The summed E-state index contributed by atoms with van der Waals surface area (Å²) in [6.07, 6.45) is -3.22. The zero-order valence-electron chi connectivity index (χ0n) is 9.65. The third-order valence-electron chi connectivity index (χ3n) is 3.02. The summed E-state index contributed by atoms with van der Waals surface area (Å²) in [6, 6.07) is 5.17. The van der Waals surface area contributed by atoms with E-state index in [-0.39, 0.29) is 18.5 Å². The van der Waals surface area contributed by atoms with Crippen molar-refractivity contribution in [2.45, 2.75) is 25.1 Å². The Hall–Kier alpha value is -0.940. The van der Waals surface area contributed by atoms with Crippen LogP contribution >= 0.6 is 12.4 Å². The highest BCUT2D eigenvalue weighted by atomic mass is 35.5. The van der Waals surface area contributed by atoms with Gasteiger partial charge in [-0.1, -0.05) is 0 Å². The fourth-order valence-corrected chi connectivity index (χ4v) is 1.99. The molecule has 18 heavy (non-hydrogen) atoms. The number of anilines is 1. The first-order valence-electron chi connectivity index (χ1n) is 5.57. The van der Waals surface area contributed by atoms with Gasteiger partial charge in [0.05, 0.1) is 11.7 Å². The van der Waals surface area contributed by atoms with Crippen LogP contribution in [0.4, 0.5) is 18.9 Å². The fraction of sp³-hybridized carbons (Fsp3) is 0.500. The third-order valence-corrected chi connectivity index (χ3v) is 3.02. The van der Waals surface area contributed by atoms with E-state index in [0.717, 1.165) is 17.8 Å². The molecular weight excluding hydrogens is 267 g/mol. The topological polar surface area (TPSA) is 23.5 Å². The molecule has 0 radical (unpaired) electrons. The van der Waals surface area contributed by atoms with Crippen molar-refractivity contribution in [3.63, 3.8) is 0 Å². The van der Waals surface area contributed by atoms with E-state index in [1.807, 2.05) is 4.90 Å². The molecule has 0 bridgehead atoms. The van der Waals surface area contributed by atoms with Crippen LogP contribution in [0.1, 0.15) is 18.4 Å². The molecule has 0 atom stereocenters. The molecule has 102 valence electrons. The van der Waals surface area contributed by atoms with E-state index in [4.69, 9.17) is 0 Å². The normalized spacial score (nSPS) is 17.4. The minimum absolute atomic E-state index is 0. The quantitative estimate of drug-likeness (QED) is 0.855. The highest BCUT2D eigenvalue weighted by Crippen LogP contribution is 2.31. The lowest BCUT2D eigenvalue weighted by atomic mass is 10.1. The molecule has 1 saturated heterocycles. The van der Waals surface area contributed by atoms with E-state index in [2.05, 4.69) is 0 Å². The summed E-state index contributed by atoms with van der Waals surface area (Å²) >= 11 is 0. The maximum Gasteiger partial charge on any atom is 0.416 e. The van der Waals surface area contributed by atoms with Crippen LogP contribution in [0.15, 0.2) is 24.3 Å². The molecule has 0 aromatic heterocycles. The van der Waals surface area contributed by atoms with Gasteiger partial charge in [0.25, 0.3) is 0 Å². The number of alkyl halides is 3. The average Bonchev–Trinajstić information content (AvgIpc) is 2.29. The van der Waals surface area contributed by atoms with Gasteiger partial charge in [-0.25, -0.2) is 0 Å². The van der Waals surface area contributed by atoms with Gasteiger partial charge in [0.1, 0.15) is 0 Å². The van der Waals surface area contributed by atoms with Crippen molar-refractivity contribution >= 4 is 18.1 Å². The zero-order valence-corrected chi connectivity index (χ0v) is 10.5. The first-order valence-corrected chi connectivity index (χ1v) is 5.57. The Morgan fingerprint density at radius 3 is 2.00 bits per heavy atom. The maximum atomic E-state index is 12.4. The van der Waals surface area contributed by atoms with E-state index < -0.39 is 11.7 Å². The van der Waals surface area contributed by atoms with Crippen molar-refractivity contribution in [2.75, 3.05) is 18.0 Å². The number of hydrogen-bond donors (Lipinski definition) is 1. The van der Waals surface area contributed by atoms with Crippen molar-refractivity contribution in [3.8, 4) is 0 Å². The van der Waals surface area contributed by atoms with E-state index in [1.54, 1.807) is 0 Å². The summed E-state index contributed by atoms with van der Waals surface area (Å²) in [5.41, 5.74) is 0.156. The van der Waals surface area contributed by atoms with Crippen molar-refractivity contribution in [1.82, 2.24) is 0 Å². The second-order valence-corrected chi connectivity index (χ2v) is 4.26. The fourth-order valence-electron chi connectivity index (χ4n) is 1.99. The maximum absolute atomic E-state index is 12.4. The van der Waals surface area contributed by atoms with Crippen LogP contribution in [-0.4, -0.2) is 24.3 Å². The molecule has 0 spiro atoms.